The summed E-state index contributed by atoms with van der Waals surface area (Å²) in [5.41, 5.74) is 4.93. The SMILES string of the molecule is CCc1ccc(N2NC(=O)C(=Cc3ccc(-c4cccc(C(=O)O)c4)o3)C2=O)cc1. The minimum atomic E-state index is -1.04. The summed E-state index contributed by atoms with van der Waals surface area (Å²) in [6.45, 7) is 2.04. The Balaban J connectivity index is 1.59. The Morgan fingerprint density at radius 1 is 1.10 bits per heavy atom. The van der Waals surface area contributed by atoms with Crippen LogP contribution < -0.4 is 10.4 Å². The molecule has 2 heterocycles. The summed E-state index contributed by atoms with van der Waals surface area (Å²) in [7, 11) is 0. The van der Waals surface area contributed by atoms with Gasteiger partial charge in [0.1, 0.15) is 17.1 Å². The van der Waals surface area contributed by atoms with Gasteiger partial charge in [0.25, 0.3) is 11.8 Å². The number of carbonyl (C=O) groups is 3. The van der Waals surface area contributed by atoms with Crippen molar-refractivity contribution in [1.82, 2.24) is 5.43 Å². The molecule has 0 aliphatic carbocycles. The molecule has 0 atom stereocenters. The van der Waals surface area contributed by atoms with Crippen LogP contribution in [-0.4, -0.2) is 22.9 Å². The number of aromatic carboxylic acids is 1. The second-order valence-electron chi connectivity index (χ2n) is 6.75. The molecule has 2 amide bonds. The van der Waals surface area contributed by atoms with Gasteiger partial charge < -0.3 is 9.52 Å². The van der Waals surface area contributed by atoms with Gasteiger partial charge in [-0.05, 0) is 54.5 Å². The van der Waals surface area contributed by atoms with Crippen molar-refractivity contribution in [3.8, 4) is 11.3 Å². The molecule has 2 aromatic carbocycles. The highest BCUT2D eigenvalue weighted by Gasteiger charge is 2.34. The first-order valence-corrected chi connectivity index (χ1v) is 9.36. The normalized spacial score (nSPS) is 15.0. The molecular formula is C23H18N2O5. The van der Waals surface area contributed by atoms with Crippen LogP contribution in [-0.2, 0) is 16.0 Å². The van der Waals surface area contributed by atoms with Gasteiger partial charge in [-0.15, -0.1) is 0 Å². The molecule has 2 N–H and O–H groups in total. The lowest BCUT2D eigenvalue weighted by molar-refractivity contribution is -0.117. The number of hydrogen-bond acceptors (Lipinski definition) is 4. The fourth-order valence-corrected chi connectivity index (χ4v) is 3.15. The van der Waals surface area contributed by atoms with Crippen LogP contribution in [0.1, 0.15) is 28.6 Å². The van der Waals surface area contributed by atoms with E-state index in [4.69, 9.17) is 9.52 Å². The van der Waals surface area contributed by atoms with Gasteiger partial charge in [-0.25, -0.2) is 9.80 Å². The molecule has 3 aromatic rings. The van der Waals surface area contributed by atoms with E-state index < -0.39 is 17.8 Å². The fraction of sp³-hybridized carbons (Fsp3) is 0.0870. The van der Waals surface area contributed by atoms with Gasteiger partial charge in [-0.3, -0.25) is 15.0 Å². The molecule has 0 spiro atoms. The molecule has 1 fully saturated rings. The maximum absolute atomic E-state index is 12.7. The molecule has 1 aliphatic heterocycles. The monoisotopic (exact) mass is 402 g/mol. The Hall–Kier alpha value is -4.13. The summed E-state index contributed by atoms with van der Waals surface area (Å²) in [6, 6.07) is 17.0. The van der Waals surface area contributed by atoms with Crippen LogP contribution in [0.4, 0.5) is 5.69 Å². The number of rotatable bonds is 5. The molecule has 0 saturated carbocycles. The third-order valence-corrected chi connectivity index (χ3v) is 4.80. The smallest absolute Gasteiger partial charge is 0.335 e. The molecule has 0 unspecified atom stereocenters. The van der Waals surface area contributed by atoms with E-state index in [1.165, 1.54) is 23.2 Å². The van der Waals surface area contributed by atoms with Crippen LogP contribution in [0.25, 0.3) is 17.4 Å². The first-order chi connectivity index (χ1) is 14.5. The number of carboxylic acids is 1. The first-order valence-electron chi connectivity index (χ1n) is 9.36. The number of aryl methyl sites for hydroxylation is 1. The summed E-state index contributed by atoms with van der Waals surface area (Å²) >= 11 is 0. The standard InChI is InChI=1S/C23H18N2O5/c1-2-14-6-8-17(9-7-14)25-22(27)19(21(26)24-25)13-18-10-11-20(30-18)15-4-3-5-16(12-15)23(28)29/h3-13H,2H2,1H3,(H,24,26)(H,28,29). The van der Waals surface area contributed by atoms with E-state index in [1.807, 2.05) is 19.1 Å². The molecule has 1 aromatic heterocycles. The van der Waals surface area contributed by atoms with Crippen LogP contribution in [0.3, 0.4) is 0 Å². The van der Waals surface area contributed by atoms with Crippen LogP contribution in [0.5, 0.6) is 0 Å². The largest absolute Gasteiger partial charge is 0.478 e. The van der Waals surface area contributed by atoms with E-state index in [2.05, 4.69) is 5.43 Å². The lowest BCUT2D eigenvalue weighted by atomic mass is 10.1. The first kappa shape index (κ1) is 19.2. The summed E-state index contributed by atoms with van der Waals surface area (Å²) in [5.74, 6) is -1.29. The van der Waals surface area contributed by atoms with Gasteiger partial charge in [0.05, 0.1) is 11.3 Å². The average molecular weight is 402 g/mol. The van der Waals surface area contributed by atoms with E-state index in [0.717, 1.165) is 12.0 Å². The minimum absolute atomic E-state index is 0.0465. The lowest BCUT2D eigenvalue weighted by Crippen LogP contribution is -2.35. The van der Waals surface area contributed by atoms with Crippen molar-refractivity contribution >= 4 is 29.5 Å². The molecule has 150 valence electrons. The number of anilines is 1. The van der Waals surface area contributed by atoms with Crippen molar-refractivity contribution in [2.45, 2.75) is 13.3 Å². The summed E-state index contributed by atoms with van der Waals surface area (Å²) < 4.78 is 5.71. The third kappa shape index (κ3) is 3.60. The van der Waals surface area contributed by atoms with E-state index >= 15 is 0 Å². The number of nitrogens with zero attached hydrogens (tertiary/aromatic N) is 1. The summed E-state index contributed by atoms with van der Waals surface area (Å²) in [6.07, 6.45) is 2.25. The van der Waals surface area contributed by atoms with E-state index in [0.29, 0.717) is 22.8 Å². The number of amides is 2. The fourth-order valence-electron chi connectivity index (χ4n) is 3.15. The average Bonchev–Trinajstić information content (AvgIpc) is 3.34. The summed E-state index contributed by atoms with van der Waals surface area (Å²) in [4.78, 5) is 36.2. The quantitative estimate of drug-likeness (QED) is 0.501. The number of furan rings is 1. The molecule has 1 saturated heterocycles. The Morgan fingerprint density at radius 3 is 2.57 bits per heavy atom. The van der Waals surface area contributed by atoms with Crippen molar-refractivity contribution in [2.24, 2.45) is 0 Å². The van der Waals surface area contributed by atoms with Crippen molar-refractivity contribution in [2.75, 3.05) is 5.01 Å². The Bertz CT molecular complexity index is 1170. The van der Waals surface area contributed by atoms with Gasteiger partial charge in [0, 0.05) is 5.56 Å². The molecule has 1 aliphatic rings. The van der Waals surface area contributed by atoms with Gasteiger partial charge in [-0.2, -0.15) is 0 Å². The minimum Gasteiger partial charge on any atom is -0.478 e. The molecule has 0 bridgehead atoms. The zero-order valence-corrected chi connectivity index (χ0v) is 16.1. The second kappa shape index (κ2) is 7.71. The zero-order chi connectivity index (χ0) is 21.3. The van der Waals surface area contributed by atoms with Gasteiger partial charge in [-0.1, -0.05) is 31.2 Å². The van der Waals surface area contributed by atoms with Crippen molar-refractivity contribution in [3.05, 3.63) is 83.1 Å². The van der Waals surface area contributed by atoms with Crippen LogP contribution >= 0.6 is 0 Å². The highest BCUT2D eigenvalue weighted by atomic mass is 16.4. The third-order valence-electron chi connectivity index (χ3n) is 4.80. The van der Waals surface area contributed by atoms with E-state index in [-0.39, 0.29) is 11.1 Å². The maximum atomic E-state index is 12.7. The van der Waals surface area contributed by atoms with Crippen molar-refractivity contribution in [3.63, 3.8) is 0 Å². The Kier molecular flexibility index (Phi) is 4.93. The highest BCUT2D eigenvalue weighted by molar-refractivity contribution is 6.31. The predicted octanol–water partition coefficient (Wildman–Crippen LogP) is 3.67. The Labute approximate surface area is 172 Å². The zero-order valence-electron chi connectivity index (χ0n) is 16.1. The van der Waals surface area contributed by atoms with Crippen molar-refractivity contribution in [1.29, 1.82) is 0 Å². The van der Waals surface area contributed by atoms with E-state index in [1.54, 1.807) is 36.4 Å². The van der Waals surface area contributed by atoms with Gasteiger partial charge in [0.15, 0.2) is 0 Å². The molecular weight excluding hydrogens is 384 g/mol. The Morgan fingerprint density at radius 2 is 1.87 bits per heavy atom. The number of hydrogen-bond donors (Lipinski definition) is 2. The second-order valence-corrected chi connectivity index (χ2v) is 6.75. The number of benzene rings is 2. The van der Waals surface area contributed by atoms with Crippen LogP contribution in [0.15, 0.2) is 70.7 Å². The molecule has 4 rings (SSSR count). The van der Waals surface area contributed by atoms with Crippen LogP contribution in [0.2, 0.25) is 0 Å². The molecule has 0 radical (unpaired) electrons. The predicted molar refractivity (Wildman–Crippen MR) is 111 cm³/mol. The molecule has 7 nitrogen and oxygen atoms in total. The van der Waals surface area contributed by atoms with Gasteiger partial charge in [0.2, 0.25) is 0 Å². The van der Waals surface area contributed by atoms with E-state index in [9.17, 15) is 14.4 Å². The number of carboxylic acid groups (broad SMARTS) is 1. The number of hydrazine groups is 1. The lowest BCUT2D eigenvalue weighted by Gasteiger charge is -2.14. The molecule has 7 heteroatoms. The topological polar surface area (TPSA) is 99.8 Å². The van der Waals surface area contributed by atoms with Crippen LogP contribution in [0, 0.1) is 0 Å². The number of nitrogens with one attached hydrogen (secondary N) is 1. The molecule has 30 heavy (non-hydrogen) atoms. The highest BCUT2D eigenvalue weighted by Crippen LogP contribution is 2.26. The summed E-state index contributed by atoms with van der Waals surface area (Å²) in [5, 5.41) is 10.3. The maximum Gasteiger partial charge on any atom is 0.335 e. The number of carbonyl (C=O) groups excluding carboxylic acids is 2. The van der Waals surface area contributed by atoms with Gasteiger partial charge >= 0.3 is 5.97 Å². The van der Waals surface area contributed by atoms with Crippen molar-refractivity contribution < 1.29 is 23.9 Å².